The van der Waals surface area contributed by atoms with E-state index in [-0.39, 0.29) is 54.0 Å². The highest BCUT2D eigenvalue weighted by atomic mass is 16.6. The van der Waals surface area contributed by atoms with Gasteiger partial charge in [0.15, 0.2) is 34.9 Å². The van der Waals surface area contributed by atoms with E-state index in [1.54, 1.807) is 36.4 Å². The number of ketones is 1. The van der Waals surface area contributed by atoms with E-state index in [2.05, 4.69) is 0 Å². The van der Waals surface area contributed by atoms with Crippen molar-refractivity contribution in [3.8, 4) is 46.0 Å². The number of benzene rings is 3. The van der Waals surface area contributed by atoms with Gasteiger partial charge in [-0.1, -0.05) is 12.1 Å². The lowest BCUT2D eigenvalue weighted by Gasteiger charge is -2.27. The van der Waals surface area contributed by atoms with Crippen molar-refractivity contribution in [2.45, 2.75) is 18.6 Å². The van der Waals surface area contributed by atoms with Crippen LogP contribution in [0.3, 0.4) is 0 Å². The molecule has 2 atom stereocenters. The first-order valence-corrected chi connectivity index (χ1v) is 11.4. The molecule has 1 aliphatic rings. The van der Waals surface area contributed by atoms with Crippen molar-refractivity contribution in [2.24, 2.45) is 0 Å². The molecule has 0 radical (unpaired) electrons. The molecule has 0 aromatic heterocycles. The number of carbonyl (C=O) groups excluding carboxylic acids is 1. The van der Waals surface area contributed by atoms with Crippen LogP contribution in [0, 0.1) is 0 Å². The fourth-order valence-corrected chi connectivity index (χ4v) is 4.04. The zero-order valence-electron chi connectivity index (χ0n) is 20.6. The lowest BCUT2D eigenvalue weighted by molar-refractivity contribution is 0.0675. The largest absolute Gasteiger partial charge is 0.508 e. The monoisotopic (exact) mass is 512 g/mol. The normalized spacial score (nSPS) is 15.2. The number of fused-ring (bicyclic) bond motifs is 1. The van der Waals surface area contributed by atoms with E-state index >= 15 is 0 Å². The van der Waals surface area contributed by atoms with Gasteiger partial charge in [0.05, 0.1) is 34.4 Å². The Morgan fingerprint density at radius 1 is 0.946 bits per heavy atom. The van der Waals surface area contributed by atoms with Gasteiger partial charge in [0.1, 0.15) is 35.5 Å². The fraction of sp³-hybridized carbons (Fsp3) is 0.296. The first-order chi connectivity index (χ1) is 17.9. The minimum absolute atomic E-state index is 0.0259. The van der Waals surface area contributed by atoms with Gasteiger partial charge < -0.3 is 43.7 Å². The highest BCUT2D eigenvalue weighted by Crippen LogP contribution is 2.45. The fourth-order valence-electron chi connectivity index (χ4n) is 4.04. The van der Waals surface area contributed by atoms with Gasteiger partial charge in [0.25, 0.3) is 0 Å². The summed E-state index contributed by atoms with van der Waals surface area (Å²) >= 11 is 0. The summed E-state index contributed by atoms with van der Waals surface area (Å²) in [6, 6.07) is 12.7. The van der Waals surface area contributed by atoms with Gasteiger partial charge in [-0.3, -0.25) is 4.79 Å². The number of ether oxygens (including phenoxy) is 6. The van der Waals surface area contributed by atoms with Gasteiger partial charge >= 0.3 is 0 Å². The molecule has 3 aromatic rings. The number of hydrogen-bond donors (Lipinski definition) is 3. The van der Waals surface area contributed by atoms with E-state index in [1.165, 1.54) is 27.4 Å². The van der Waals surface area contributed by atoms with Crippen molar-refractivity contribution in [3.63, 3.8) is 0 Å². The van der Waals surface area contributed by atoms with Crippen molar-refractivity contribution in [1.29, 1.82) is 0 Å². The summed E-state index contributed by atoms with van der Waals surface area (Å²) in [6.45, 7) is -0.358. The number of para-hydroxylation sites is 2. The van der Waals surface area contributed by atoms with Crippen LogP contribution in [-0.4, -0.2) is 61.7 Å². The highest BCUT2D eigenvalue weighted by molar-refractivity contribution is 6.02. The van der Waals surface area contributed by atoms with Gasteiger partial charge in [0.2, 0.25) is 5.75 Å². The molecule has 3 aromatic carbocycles. The summed E-state index contributed by atoms with van der Waals surface area (Å²) in [4.78, 5) is 12.7. The summed E-state index contributed by atoms with van der Waals surface area (Å²) in [5.74, 6) is 1.05. The smallest absolute Gasteiger partial charge is 0.203 e. The molecule has 4 rings (SSSR count). The Morgan fingerprint density at radius 3 is 2.22 bits per heavy atom. The van der Waals surface area contributed by atoms with Crippen LogP contribution in [0.15, 0.2) is 48.5 Å². The Hall–Kier alpha value is -4.31. The van der Waals surface area contributed by atoms with Gasteiger partial charge in [0, 0.05) is 17.7 Å². The number of methoxy groups -OCH3 is 3. The summed E-state index contributed by atoms with van der Waals surface area (Å²) in [7, 11) is 4.44. The minimum Gasteiger partial charge on any atom is -0.508 e. The standard InChI is InChI=1S/C27H28O10/c1-32-20-6-4-5-7-21(20)36-17(13-28)14-35-27-24(33-2)8-15(9-25(27)34-3)22-12-19(31)26-18(30)10-16(29)11-23(26)37-22/h4-11,17,22,28-30H,12-14H2,1-3H3/t17-,22+/m1/s1. The molecule has 10 heteroatoms. The minimum atomic E-state index is -0.725. The van der Waals surface area contributed by atoms with Crippen LogP contribution in [-0.2, 0) is 0 Å². The molecule has 1 heterocycles. The second-order valence-electron chi connectivity index (χ2n) is 8.21. The molecule has 0 saturated carbocycles. The maximum absolute atomic E-state index is 12.7. The van der Waals surface area contributed by atoms with Crippen LogP contribution in [0.1, 0.15) is 28.4 Å². The third-order valence-electron chi connectivity index (χ3n) is 5.82. The SMILES string of the molecule is COc1ccccc1O[C@H](CO)COc1c(OC)cc([C@@H]2CC(=O)c3c(O)cc(O)cc3O2)cc1OC. The maximum Gasteiger partial charge on any atom is 0.203 e. The molecular weight excluding hydrogens is 484 g/mol. The van der Waals surface area contributed by atoms with Crippen LogP contribution < -0.4 is 28.4 Å². The van der Waals surface area contributed by atoms with Gasteiger partial charge in [-0.15, -0.1) is 0 Å². The van der Waals surface area contributed by atoms with Crippen LogP contribution in [0.2, 0.25) is 0 Å². The highest BCUT2D eigenvalue weighted by Gasteiger charge is 2.32. The van der Waals surface area contributed by atoms with E-state index in [9.17, 15) is 20.1 Å². The van der Waals surface area contributed by atoms with Crippen molar-refractivity contribution in [3.05, 3.63) is 59.7 Å². The number of Topliss-reactive ketones (excluding diaryl/α,β-unsaturated/α-hetero) is 1. The summed E-state index contributed by atoms with van der Waals surface area (Å²) in [5.41, 5.74) is 0.588. The molecule has 37 heavy (non-hydrogen) atoms. The first-order valence-electron chi connectivity index (χ1n) is 11.4. The summed E-state index contributed by atoms with van der Waals surface area (Å²) in [5, 5.41) is 29.7. The third-order valence-corrected chi connectivity index (χ3v) is 5.82. The van der Waals surface area contributed by atoms with Crippen LogP contribution in [0.5, 0.6) is 46.0 Å². The van der Waals surface area contributed by atoms with E-state index < -0.39 is 12.2 Å². The van der Waals surface area contributed by atoms with Crippen molar-refractivity contribution < 1.29 is 48.5 Å². The van der Waals surface area contributed by atoms with Crippen molar-refractivity contribution in [2.75, 3.05) is 34.5 Å². The average Bonchev–Trinajstić information content (AvgIpc) is 2.89. The zero-order valence-corrected chi connectivity index (χ0v) is 20.6. The number of rotatable bonds is 10. The molecule has 1 aliphatic heterocycles. The number of phenolic OH excluding ortho intramolecular Hbond substituents is 2. The van der Waals surface area contributed by atoms with Crippen molar-refractivity contribution in [1.82, 2.24) is 0 Å². The molecule has 0 amide bonds. The second kappa shape index (κ2) is 11.2. The van der Waals surface area contributed by atoms with Gasteiger partial charge in [-0.25, -0.2) is 0 Å². The molecule has 0 bridgehead atoms. The number of phenols is 2. The van der Waals surface area contributed by atoms with Crippen LogP contribution >= 0.6 is 0 Å². The predicted molar refractivity (Wildman–Crippen MR) is 132 cm³/mol. The van der Waals surface area contributed by atoms with E-state index in [0.717, 1.165) is 6.07 Å². The van der Waals surface area contributed by atoms with Crippen LogP contribution in [0.25, 0.3) is 0 Å². The van der Waals surface area contributed by atoms with Crippen molar-refractivity contribution >= 4 is 5.78 Å². The summed E-state index contributed by atoms with van der Waals surface area (Å²) in [6.07, 6.45) is -1.49. The topological polar surface area (TPSA) is 133 Å². The van der Waals surface area contributed by atoms with E-state index in [4.69, 9.17) is 28.4 Å². The Bertz CT molecular complexity index is 1250. The summed E-state index contributed by atoms with van der Waals surface area (Å²) < 4.78 is 34.1. The van der Waals surface area contributed by atoms with Crippen LogP contribution in [0.4, 0.5) is 0 Å². The first kappa shape index (κ1) is 25.8. The van der Waals surface area contributed by atoms with Gasteiger partial charge in [-0.05, 0) is 24.3 Å². The average molecular weight is 513 g/mol. The van der Waals surface area contributed by atoms with E-state index in [1.807, 2.05) is 0 Å². The Kier molecular flexibility index (Phi) is 7.78. The second-order valence-corrected chi connectivity index (χ2v) is 8.21. The molecular formula is C27H28O10. The number of aromatic hydroxyl groups is 2. The van der Waals surface area contributed by atoms with E-state index in [0.29, 0.717) is 28.6 Å². The maximum atomic E-state index is 12.7. The lowest BCUT2D eigenvalue weighted by Crippen LogP contribution is -2.29. The Labute approximate surface area is 213 Å². The lowest BCUT2D eigenvalue weighted by atomic mass is 9.95. The molecule has 0 aliphatic carbocycles. The molecule has 0 unspecified atom stereocenters. The van der Waals surface area contributed by atoms with Gasteiger partial charge in [-0.2, -0.15) is 0 Å². The Morgan fingerprint density at radius 2 is 1.59 bits per heavy atom. The molecule has 0 saturated heterocycles. The number of aliphatic hydroxyl groups excluding tert-OH is 1. The number of aliphatic hydroxyl groups is 1. The molecule has 196 valence electrons. The third kappa shape index (κ3) is 5.44. The molecule has 0 fully saturated rings. The predicted octanol–water partition coefficient (Wildman–Crippen LogP) is 3.65. The number of hydrogen-bond acceptors (Lipinski definition) is 10. The zero-order chi connectivity index (χ0) is 26.5. The molecule has 3 N–H and O–H groups in total. The Balaban J connectivity index is 1.56. The number of carbonyl (C=O) groups is 1. The molecule has 10 nitrogen and oxygen atoms in total. The quantitative estimate of drug-likeness (QED) is 0.370. The molecule has 0 spiro atoms.